The van der Waals surface area contributed by atoms with Gasteiger partial charge in [-0.05, 0) is 36.4 Å². The first-order valence-corrected chi connectivity index (χ1v) is 4.40. The topological polar surface area (TPSA) is 57.7 Å². The number of rotatable bonds is 2. The minimum atomic E-state index is 0.868. The molecule has 1 aliphatic rings. The summed E-state index contributed by atoms with van der Waals surface area (Å²) in [5.41, 5.74) is 0. The van der Waals surface area contributed by atoms with Crippen molar-refractivity contribution in [2.45, 2.75) is 25.8 Å². The molecule has 66 valence electrons. The third-order valence-electron chi connectivity index (χ3n) is 2.21. The van der Waals surface area contributed by atoms with Gasteiger partial charge in [0.1, 0.15) is 0 Å². The molecule has 1 fully saturated rings. The number of aromatic amines is 1. The van der Waals surface area contributed by atoms with Crippen molar-refractivity contribution in [2.75, 3.05) is 13.1 Å². The molecule has 0 aromatic carbocycles. The Morgan fingerprint density at radius 1 is 1.25 bits per heavy atom. The number of nitrogens with zero attached hydrogens (tertiary/aromatic N) is 4. The molecule has 2 rings (SSSR count). The van der Waals surface area contributed by atoms with Gasteiger partial charge >= 0.3 is 0 Å². The monoisotopic (exact) mass is 167 g/mol. The highest BCUT2D eigenvalue weighted by Gasteiger charge is 2.11. The maximum Gasteiger partial charge on any atom is 0.162 e. The van der Waals surface area contributed by atoms with E-state index < -0.39 is 0 Å². The van der Waals surface area contributed by atoms with Crippen molar-refractivity contribution >= 4 is 0 Å². The molecule has 0 aliphatic carbocycles. The summed E-state index contributed by atoms with van der Waals surface area (Å²) in [6.45, 7) is 3.23. The SMILES string of the molecule is C1CCN(Cc2nnn[nH]2)CC1. The Kier molecular flexibility index (Phi) is 2.31. The molecule has 12 heavy (non-hydrogen) atoms. The van der Waals surface area contributed by atoms with Crippen molar-refractivity contribution in [3.05, 3.63) is 5.82 Å². The number of likely N-dealkylation sites (tertiary alicyclic amines) is 1. The van der Waals surface area contributed by atoms with Gasteiger partial charge in [0, 0.05) is 0 Å². The molecular formula is C7H13N5. The van der Waals surface area contributed by atoms with E-state index in [9.17, 15) is 0 Å². The lowest BCUT2D eigenvalue weighted by Gasteiger charge is -2.24. The van der Waals surface area contributed by atoms with E-state index in [2.05, 4.69) is 25.5 Å². The molecule has 1 N–H and O–H groups in total. The van der Waals surface area contributed by atoms with Crippen LogP contribution in [-0.4, -0.2) is 38.6 Å². The number of tetrazole rings is 1. The highest BCUT2D eigenvalue weighted by molar-refractivity contribution is 4.77. The van der Waals surface area contributed by atoms with E-state index in [4.69, 9.17) is 0 Å². The number of hydrogen-bond donors (Lipinski definition) is 1. The highest BCUT2D eigenvalue weighted by atomic mass is 15.5. The van der Waals surface area contributed by atoms with Crippen LogP contribution >= 0.6 is 0 Å². The highest BCUT2D eigenvalue weighted by Crippen LogP contribution is 2.09. The van der Waals surface area contributed by atoms with Crippen LogP contribution in [-0.2, 0) is 6.54 Å². The van der Waals surface area contributed by atoms with Crippen LogP contribution in [0.4, 0.5) is 0 Å². The van der Waals surface area contributed by atoms with E-state index in [1.54, 1.807) is 0 Å². The first-order valence-electron chi connectivity index (χ1n) is 4.40. The predicted octanol–water partition coefficient (Wildman–Crippen LogP) is 0.186. The predicted molar refractivity (Wildman–Crippen MR) is 43.3 cm³/mol. The van der Waals surface area contributed by atoms with E-state index >= 15 is 0 Å². The normalized spacial score (nSPS) is 19.7. The van der Waals surface area contributed by atoms with Crippen LogP contribution in [0.15, 0.2) is 0 Å². The summed E-state index contributed by atoms with van der Waals surface area (Å²) in [5, 5.41) is 13.7. The molecule has 5 nitrogen and oxygen atoms in total. The zero-order valence-corrected chi connectivity index (χ0v) is 7.03. The van der Waals surface area contributed by atoms with Crippen molar-refractivity contribution in [3.8, 4) is 0 Å². The Labute approximate surface area is 71.1 Å². The van der Waals surface area contributed by atoms with Gasteiger partial charge in [-0.15, -0.1) is 5.10 Å². The number of H-pyrrole nitrogens is 1. The van der Waals surface area contributed by atoms with Crippen LogP contribution in [0.25, 0.3) is 0 Å². The van der Waals surface area contributed by atoms with Gasteiger partial charge in [0.05, 0.1) is 6.54 Å². The number of hydrogen-bond acceptors (Lipinski definition) is 4. The largest absolute Gasteiger partial charge is 0.296 e. The Morgan fingerprint density at radius 3 is 2.75 bits per heavy atom. The van der Waals surface area contributed by atoms with Crippen molar-refractivity contribution in [3.63, 3.8) is 0 Å². The third-order valence-corrected chi connectivity index (χ3v) is 2.21. The summed E-state index contributed by atoms with van der Waals surface area (Å²) in [6, 6.07) is 0. The van der Waals surface area contributed by atoms with Gasteiger partial charge < -0.3 is 0 Å². The van der Waals surface area contributed by atoms with Crippen molar-refractivity contribution < 1.29 is 0 Å². The lowest BCUT2D eigenvalue weighted by atomic mass is 10.1. The fraction of sp³-hybridized carbons (Fsp3) is 0.857. The fourth-order valence-corrected chi connectivity index (χ4v) is 1.58. The smallest absolute Gasteiger partial charge is 0.162 e. The van der Waals surface area contributed by atoms with Crippen LogP contribution < -0.4 is 0 Å². The number of nitrogens with one attached hydrogen (secondary N) is 1. The maximum atomic E-state index is 3.85. The summed E-state index contributed by atoms with van der Waals surface area (Å²) < 4.78 is 0. The molecule has 1 saturated heterocycles. The summed E-state index contributed by atoms with van der Waals surface area (Å²) in [7, 11) is 0. The lowest BCUT2D eigenvalue weighted by Crippen LogP contribution is -2.29. The van der Waals surface area contributed by atoms with Gasteiger partial charge in [-0.25, -0.2) is 5.10 Å². The van der Waals surface area contributed by atoms with Crippen LogP contribution in [0, 0.1) is 0 Å². The Bertz CT molecular complexity index is 214. The van der Waals surface area contributed by atoms with E-state index in [-0.39, 0.29) is 0 Å². The minimum Gasteiger partial charge on any atom is -0.296 e. The molecule has 1 aliphatic heterocycles. The molecule has 0 bridgehead atoms. The standard InChI is InChI=1S/C7H13N5/c1-2-4-12(5-3-1)6-7-8-10-11-9-7/h1-6H2,(H,8,9,10,11). The Balaban J connectivity index is 1.86. The van der Waals surface area contributed by atoms with E-state index in [0.29, 0.717) is 0 Å². The molecule has 5 heteroatoms. The second-order valence-electron chi connectivity index (χ2n) is 3.18. The zero-order chi connectivity index (χ0) is 8.23. The van der Waals surface area contributed by atoms with Crippen LogP contribution in [0.2, 0.25) is 0 Å². The molecule has 0 atom stereocenters. The maximum absolute atomic E-state index is 3.85. The molecule has 1 aromatic heterocycles. The van der Waals surface area contributed by atoms with Gasteiger partial charge in [-0.2, -0.15) is 0 Å². The van der Waals surface area contributed by atoms with Crippen LogP contribution in [0.1, 0.15) is 25.1 Å². The summed E-state index contributed by atoms with van der Waals surface area (Å²) in [6.07, 6.45) is 3.98. The molecule has 2 heterocycles. The zero-order valence-electron chi connectivity index (χ0n) is 7.03. The van der Waals surface area contributed by atoms with E-state index in [1.165, 1.54) is 32.4 Å². The van der Waals surface area contributed by atoms with Gasteiger partial charge in [-0.1, -0.05) is 6.42 Å². The molecule has 0 saturated carbocycles. The summed E-state index contributed by atoms with van der Waals surface area (Å²) >= 11 is 0. The third kappa shape index (κ3) is 1.79. The molecule has 0 spiro atoms. The summed E-state index contributed by atoms with van der Waals surface area (Å²) in [5.74, 6) is 0.872. The first-order chi connectivity index (χ1) is 5.95. The number of aromatic nitrogens is 4. The van der Waals surface area contributed by atoms with Gasteiger partial charge in [-0.3, -0.25) is 4.90 Å². The average molecular weight is 167 g/mol. The summed E-state index contributed by atoms with van der Waals surface area (Å²) in [4.78, 5) is 2.38. The first kappa shape index (κ1) is 7.67. The lowest BCUT2D eigenvalue weighted by molar-refractivity contribution is 0.216. The quantitative estimate of drug-likeness (QED) is 0.683. The Morgan fingerprint density at radius 2 is 2.08 bits per heavy atom. The van der Waals surface area contributed by atoms with Gasteiger partial charge in [0.25, 0.3) is 0 Å². The Hall–Kier alpha value is -0.970. The van der Waals surface area contributed by atoms with Crippen LogP contribution in [0.3, 0.4) is 0 Å². The second kappa shape index (κ2) is 3.62. The van der Waals surface area contributed by atoms with Crippen LogP contribution in [0.5, 0.6) is 0 Å². The van der Waals surface area contributed by atoms with E-state index in [0.717, 1.165) is 12.4 Å². The van der Waals surface area contributed by atoms with Crippen molar-refractivity contribution in [1.82, 2.24) is 25.5 Å². The molecular weight excluding hydrogens is 154 g/mol. The fourth-order valence-electron chi connectivity index (χ4n) is 1.58. The van der Waals surface area contributed by atoms with Crippen molar-refractivity contribution in [1.29, 1.82) is 0 Å². The van der Waals surface area contributed by atoms with Gasteiger partial charge in [0.15, 0.2) is 5.82 Å². The number of piperidine rings is 1. The molecule has 0 radical (unpaired) electrons. The average Bonchev–Trinajstić information content (AvgIpc) is 2.59. The van der Waals surface area contributed by atoms with Crippen molar-refractivity contribution in [2.24, 2.45) is 0 Å². The van der Waals surface area contributed by atoms with Gasteiger partial charge in [0.2, 0.25) is 0 Å². The van der Waals surface area contributed by atoms with E-state index in [1.807, 2.05) is 0 Å². The minimum absolute atomic E-state index is 0.868. The molecule has 0 amide bonds. The molecule has 0 unspecified atom stereocenters. The molecule has 1 aromatic rings. The second-order valence-corrected chi connectivity index (χ2v) is 3.18.